The Morgan fingerprint density at radius 2 is 2.45 bits per heavy atom. The Bertz CT molecular complexity index is 145. The molecule has 4 nitrogen and oxygen atoms in total. The molecular weight excluding hydrogens is 144 g/mol. The Morgan fingerprint density at radius 1 is 1.82 bits per heavy atom. The number of hydrogen-bond donors (Lipinski definition) is 1. The second kappa shape index (κ2) is 3.57. The molecule has 1 amide bonds. The Morgan fingerprint density at radius 3 is 2.82 bits per heavy atom. The van der Waals surface area contributed by atoms with Gasteiger partial charge in [0.25, 0.3) is 0 Å². The molecule has 64 valence electrons. The van der Waals surface area contributed by atoms with E-state index in [0.29, 0.717) is 6.04 Å². The van der Waals surface area contributed by atoms with E-state index < -0.39 is 0 Å². The molecule has 0 aromatic rings. The van der Waals surface area contributed by atoms with Gasteiger partial charge in [-0.3, -0.25) is 0 Å². The largest absolute Gasteiger partial charge is 0.453 e. The molecule has 1 N–H and O–H groups in total. The Labute approximate surface area is 66.5 Å². The highest BCUT2D eigenvalue weighted by Crippen LogP contribution is 2.03. The van der Waals surface area contributed by atoms with Crippen LogP contribution in [-0.4, -0.2) is 44.3 Å². The van der Waals surface area contributed by atoms with Crippen LogP contribution in [-0.2, 0) is 4.74 Å². The maximum Gasteiger partial charge on any atom is 0.409 e. The monoisotopic (exact) mass is 158 g/mol. The lowest BCUT2D eigenvalue weighted by Crippen LogP contribution is -2.50. The van der Waals surface area contributed by atoms with Crippen molar-refractivity contribution in [3.63, 3.8) is 0 Å². The zero-order valence-corrected chi connectivity index (χ0v) is 6.96. The number of carbonyl (C=O) groups excluding carboxylic acids is 1. The molecule has 1 rings (SSSR count). The number of rotatable bonds is 2. The highest BCUT2D eigenvalue weighted by molar-refractivity contribution is 5.66. The molecule has 0 aromatic carbocycles. The number of hydrogen-bond acceptors (Lipinski definition) is 3. The fraction of sp³-hybridized carbons (Fsp3) is 0.857. The Kier molecular flexibility index (Phi) is 2.70. The first-order valence-corrected chi connectivity index (χ1v) is 3.76. The van der Waals surface area contributed by atoms with Gasteiger partial charge in [0.1, 0.15) is 0 Å². The van der Waals surface area contributed by atoms with Crippen LogP contribution in [0.2, 0.25) is 0 Å². The summed E-state index contributed by atoms with van der Waals surface area (Å²) in [7, 11) is 3.14. The Hall–Kier alpha value is -0.770. The van der Waals surface area contributed by atoms with Crippen molar-refractivity contribution >= 4 is 6.09 Å². The molecule has 4 heteroatoms. The smallest absolute Gasteiger partial charge is 0.409 e. The van der Waals surface area contributed by atoms with Crippen LogP contribution in [0.1, 0.15) is 6.42 Å². The number of amides is 1. The van der Waals surface area contributed by atoms with E-state index in [4.69, 9.17) is 0 Å². The minimum Gasteiger partial charge on any atom is -0.453 e. The van der Waals surface area contributed by atoms with Crippen LogP contribution in [0.15, 0.2) is 0 Å². The van der Waals surface area contributed by atoms with Crippen LogP contribution in [0.5, 0.6) is 0 Å². The van der Waals surface area contributed by atoms with Crippen molar-refractivity contribution in [2.75, 3.05) is 27.2 Å². The van der Waals surface area contributed by atoms with Crippen LogP contribution < -0.4 is 5.32 Å². The lowest BCUT2D eigenvalue weighted by molar-refractivity contribution is 0.125. The zero-order chi connectivity index (χ0) is 8.27. The summed E-state index contributed by atoms with van der Waals surface area (Å²) in [6.45, 7) is 1.81. The fourth-order valence-corrected chi connectivity index (χ4v) is 1.07. The third-order valence-electron chi connectivity index (χ3n) is 1.91. The molecule has 0 spiro atoms. The predicted octanol–water partition coefficient (Wildman–Crippen LogP) is 0.0465. The molecule has 11 heavy (non-hydrogen) atoms. The number of ether oxygens (including phenoxy) is 1. The highest BCUT2D eigenvalue weighted by atomic mass is 16.5. The number of nitrogens with zero attached hydrogens (tertiary/aromatic N) is 1. The SMILES string of the molecule is COC(=O)N(C)CC1CCN1. The van der Waals surface area contributed by atoms with Crippen LogP contribution in [0.4, 0.5) is 4.79 Å². The van der Waals surface area contributed by atoms with Crippen LogP contribution in [0.3, 0.4) is 0 Å². The van der Waals surface area contributed by atoms with E-state index in [0.717, 1.165) is 19.5 Å². The topological polar surface area (TPSA) is 41.6 Å². The van der Waals surface area contributed by atoms with E-state index in [1.54, 1.807) is 11.9 Å². The quantitative estimate of drug-likeness (QED) is 0.617. The molecule has 0 aromatic heterocycles. The average molecular weight is 158 g/mol. The number of carbonyl (C=O) groups is 1. The normalized spacial score (nSPS) is 22.2. The first-order chi connectivity index (χ1) is 5.24. The standard InChI is InChI=1S/C7H14N2O2/c1-9(7(10)11-2)5-6-3-4-8-6/h6,8H,3-5H2,1-2H3. The molecule has 0 bridgehead atoms. The summed E-state index contributed by atoms with van der Waals surface area (Å²) in [6, 6.07) is 0.471. The number of methoxy groups -OCH3 is 1. The molecule has 1 saturated heterocycles. The number of nitrogens with one attached hydrogen (secondary N) is 1. The average Bonchev–Trinajstić information content (AvgIpc) is 1.94. The van der Waals surface area contributed by atoms with E-state index in [2.05, 4.69) is 10.1 Å². The Balaban J connectivity index is 2.18. The molecule has 0 radical (unpaired) electrons. The predicted molar refractivity (Wildman–Crippen MR) is 41.4 cm³/mol. The minimum atomic E-state index is -0.265. The van der Waals surface area contributed by atoms with Crippen molar-refractivity contribution in [2.45, 2.75) is 12.5 Å². The number of likely N-dealkylation sites (N-methyl/N-ethyl adjacent to an activating group) is 1. The molecule has 1 atom stereocenters. The van der Waals surface area contributed by atoms with Gasteiger partial charge in [-0.05, 0) is 13.0 Å². The van der Waals surface area contributed by atoms with Gasteiger partial charge < -0.3 is 15.0 Å². The van der Waals surface area contributed by atoms with Gasteiger partial charge in [0.05, 0.1) is 7.11 Å². The van der Waals surface area contributed by atoms with Gasteiger partial charge in [-0.2, -0.15) is 0 Å². The van der Waals surface area contributed by atoms with Crippen molar-refractivity contribution in [3.8, 4) is 0 Å². The summed E-state index contributed by atoms with van der Waals surface area (Å²) in [5, 5.41) is 3.21. The minimum absolute atomic E-state index is 0.265. The second-order valence-corrected chi connectivity index (χ2v) is 2.79. The van der Waals surface area contributed by atoms with E-state index in [9.17, 15) is 4.79 Å². The summed E-state index contributed by atoms with van der Waals surface area (Å²) >= 11 is 0. The van der Waals surface area contributed by atoms with Gasteiger partial charge in [0.15, 0.2) is 0 Å². The van der Waals surface area contributed by atoms with Gasteiger partial charge in [-0.25, -0.2) is 4.79 Å². The summed E-state index contributed by atoms with van der Waals surface area (Å²) in [5.41, 5.74) is 0. The van der Waals surface area contributed by atoms with Gasteiger partial charge in [-0.1, -0.05) is 0 Å². The van der Waals surface area contributed by atoms with Gasteiger partial charge in [0, 0.05) is 19.6 Å². The van der Waals surface area contributed by atoms with Gasteiger partial charge in [-0.15, -0.1) is 0 Å². The maximum absolute atomic E-state index is 10.9. The van der Waals surface area contributed by atoms with Crippen LogP contribution >= 0.6 is 0 Å². The summed E-state index contributed by atoms with van der Waals surface area (Å²) < 4.78 is 4.54. The zero-order valence-electron chi connectivity index (χ0n) is 6.96. The summed E-state index contributed by atoms with van der Waals surface area (Å²) in [5.74, 6) is 0. The van der Waals surface area contributed by atoms with Crippen molar-refractivity contribution in [3.05, 3.63) is 0 Å². The molecule has 0 saturated carbocycles. The lowest BCUT2D eigenvalue weighted by Gasteiger charge is -2.30. The van der Waals surface area contributed by atoms with Crippen molar-refractivity contribution in [1.29, 1.82) is 0 Å². The molecule has 1 aliphatic heterocycles. The van der Waals surface area contributed by atoms with E-state index in [-0.39, 0.29) is 6.09 Å². The van der Waals surface area contributed by atoms with Crippen LogP contribution in [0.25, 0.3) is 0 Å². The summed E-state index contributed by atoms with van der Waals surface area (Å²) in [6.07, 6.45) is 0.889. The molecule has 1 aliphatic rings. The third kappa shape index (κ3) is 2.08. The molecule has 1 heterocycles. The van der Waals surface area contributed by atoms with E-state index in [1.165, 1.54) is 7.11 Å². The molecule has 1 fully saturated rings. The van der Waals surface area contributed by atoms with Crippen molar-refractivity contribution in [2.24, 2.45) is 0 Å². The lowest BCUT2D eigenvalue weighted by atomic mass is 10.1. The second-order valence-electron chi connectivity index (χ2n) is 2.79. The van der Waals surface area contributed by atoms with E-state index >= 15 is 0 Å². The fourth-order valence-electron chi connectivity index (χ4n) is 1.07. The first-order valence-electron chi connectivity index (χ1n) is 3.76. The molecule has 0 aliphatic carbocycles. The molecular formula is C7H14N2O2. The van der Waals surface area contributed by atoms with Crippen LogP contribution in [0, 0.1) is 0 Å². The van der Waals surface area contributed by atoms with Crippen molar-refractivity contribution in [1.82, 2.24) is 10.2 Å². The third-order valence-corrected chi connectivity index (χ3v) is 1.91. The molecule has 1 unspecified atom stereocenters. The summed E-state index contributed by atoms with van der Waals surface area (Å²) in [4.78, 5) is 12.4. The van der Waals surface area contributed by atoms with Crippen molar-refractivity contribution < 1.29 is 9.53 Å². The van der Waals surface area contributed by atoms with E-state index in [1.807, 2.05) is 0 Å². The van der Waals surface area contributed by atoms with Gasteiger partial charge >= 0.3 is 6.09 Å². The van der Waals surface area contributed by atoms with Gasteiger partial charge in [0.2, 0.25) is 0 Å². The highest BCUT2D eigenvalue weighted by Gasteiger charge is 2.20. The maximum atomic E-state index is 10.9. The first kappa shape index (κ1) is 8.33.